The first-order chi connectivity index (χ1) is 8.60. The molecule has 0 amide bonds. The zero-order chi connectivity index (χ0) is 13.1. The van der Waals surface area contributed by atoms with E-state index >= 15 is 0 Å². The van der Waals surface area contributed by atoms with E-state index in [1.165, 1.54) is 4.88 Å². The molecule has 0 aliphatic rings. The Balaban J connectivity index is 2.19. The highest BCUT2D eigenvalue weighted by Gasteiger charge is 2.07. The molecule has 2 rings (SSSR count). The highest BCUT2D eigenvalue weighted by Crippen LogP contribution is 2.25. The van der Waals surface area contributed by atoms with Crippen LogP contribution in [0.25, 0.3) is 0 Å². The Morgan fingerprint density at radius 1 is 1.39 bits per heavy atom. The average molecular weight is 278 g/mol. The lowest BCUT2D eigenvalue weighted by Gasteiger charge is -2.19. The quantitative estimate of drug-likeness (QED) is 0.874. The molecule has 0 fully saturated rings. The second kappa shape index (κ2) is 5.30. The number of nitrogens with zero attached hydrogens (tertiary/aromatic N) is 2. The minimum absolute atomic E-state index is 0.503. The number of nitrogen functional groups attached to an aromatic ring is 1. The predicted molar refractivity (Wildman–Crippen MR) is 77.0 cm³/mol. The molecule has 0 aliphatic carbocycles. The van der Waals surface area contributed by atoms with Crippen molar-refractivity contribution in [2.75, 3.05) is 17.7 Å². The van der Waals surface area contributed by atoms with Gasteiger partial charge in [0.1, 0.15) is 6.07 Å². The van der Waals surface area contributed by atoms with Crippen LogP contribution in [0.3, 0.4) is 0 Å². The number of halogens is 1. The number of benzene rings is 1. The summed E-state index contributed by atoms with van der Waals surface area (Å²) < 4.78 is 0.786. The molecule has 0 aliphatic heterocycles. The van der Waals surface area contributed by atoms with Crippen LogP contribution in [0.2, 0.25) is 4.34 Å². The van der Waals surface area contributed by atoms with Crippen LogP contribution >= 0.6 is 22.9 Å². The third-order valence-electron chi connectivity index (χ3n) is 2.62. The van der Waals surface area contributed by atoms with Crippen LogP contribution in [0, 0.1) is 11.3 Å². The summed E-state index contributed by atoms with van der Waals surface area (Å²) in [5, 5.41) is 8.95. The van der Waals surface area contributed by atoms with Crippen molar-refractivity contribution < 1.29 is 0 Å². The van der Waals surface area contributed by atoms with Gasteiger partial charge in [-0.2, -0.15) is 5.26 Å². The summed E-state index contributed by atoms with van der Waals surface area (Å²) in [6.07, 6.45) is 0. The largest absolute Gasteiger partial charge is 0.398 e. The second-order valence-electron chi connectivity index (χ2n) is 3.95. The zero-order valence-corrected chi connectivity index (χ0v) is 11.4. The van der Waals surface area contributed by atoms with Gasteiger partial charge in [0.2, 0.25) is 0 Å². The molecule has 0 unspecified atom stereocenters. The van der Waals surface area contributed by atoms with Crippen LogP contribution in [-0.4, -0.2) is 7.05 Å². The SMILES string of the molecule is CN(Cc1ccc(Cl)s1)c1ccc(N)c(C#N)c1. The molecule has 1 heterocycles. The van der Waals surface area contributed by atoms with E-state index < -0.39 is 0 Å². The molecule has 1 aromatic carbocycles. The number of rotatable bonds is 3. The van der Waals surface area contributed by atoms with E-state index in [1.807, 2.05) is 25.2 Å². The van der Waals surface area contributed by atoms with Crippen molar-refractivity contribution >= 4 is 34.3 Å². The maximum Gasteiger partial charge on any atom is 0.101 e. The van der Waals surface area contributed by atoms with E-state index in [0.717, 1.165) is 16.6 Å². The molecular weight excluding hydrogens is 266 g/mol. The molecule has 18 heavy (non-hydrogen) atoms. The Bertz CT molecular complexity index is 601. The van der Waals surface area contributed by atoms with Gasteiger partial charge in [0, 0.05) is 23.3 Å². The summed E-state index contributed by atoms with van der Waals surface area (Å²) in [4.78, 5) is 3.24. The smallest absolute Gasteiger partial charge is 0.101 e. The van der Waals surface area contributed by atoms with Gasteiger partial charge in [-0.1, -0.05) is 11.6 Å². The molecule has 2 aromatic rings. The Kier molecular flexibility index (Phi) is 3.75. The summed E-state index contributed by atoms with van der Waals surface area (Å²) in [5.41, 5.74) is 7.67. The van der Waals surface area contributed by atoms with Gasteiger partial charge in [0.15, 0.2) is 0 Å². The lowest BCUT2D eigenvalue weighted by molar-refractivity contribution is 0.940. The lowest BCUT2D eigenvalue weighted by Crippen LogP contribution is -2.15. The van der Waals surface area contributed by atoms with E-state index in [2.05, 4.69) is 11.0 Å². The predicted octanol–water partition coefficient (Wildman–Crippen LogP) is 3.49. The summed E-state index contributed by atoms with van der Waals surface area (Å²) in [6, 6.07) is 11.4. The normalized spacial score (nSPS) is 10.1. The van der Waals surface area contributed by atoms with E-state index in [0.29, 0.717) is 11.3 Å². The van der Waals surface area contributed by atoms with Crippen LogP contribution in [-0.2, 0) is 6.54 Å². The van der Waals surface area contributed by atoms with Gasteiger partial charge in [0.05, 0.1) is 16.4 Å². The van der Waals surface area contributed by atoms with Crippen LogP contribution in [0.1, 0.15) is 10.4 Å². The van der Waals surface area contributed by atoms with Crippen LogP contribution in [0.4, 0.5) is 11.4 Å². The Hall–Kier alpha value is -1.70. The fourth-order valence-electron chi connectivity index (χ4n) is 1.64. The molecular formula is C13H12ClN3S. The minimum Gasteiger partial charge on any atom is -0.398 e. The maximum atomic E-state index is 8.95. The topological polar surface area (TPSA) is 53.0 Å². The third-order valence-corrected chi connectivity index (χ3v) is 3.84. The minimum atomic E-state index is 0.503. The number of thiophene rings is 1. The molecule has 2 N–H and O–H groups in total. The van der Waals surface area contributed by atoms with E-state index in [-0.39, 0.29) is 0 Å². The standard InChI is InChI=1S/C13H12ClN3S/c1-17(8-11-3-5-13(14)18-11)10-2-4-12(16)9(6-10)7-15/h2-6H,8,16H2,1H3. The molecule has 0 atom stereocenters. The lowest BCUT2D eigenvalue weighted by atomic mass is 10.1. The summed E-state index contributed by atoms with van der Waals surface area (Å²) in [5.74, 6) is 0. The zero-order valence-electron chi connectivity index (χ0n) is 9.85. The van der Waals surface area contributed by atoms with Gasteiger partial charge in [-0.05, 0) is 30.3 Å². The van der Waals surface area contributed by atoms with Crippen molar-refractivity contribution in [1.29, 1.82) is 5.26 Å². The van der Waals surface area contributed by atoms with E-state index in [4.69, 9.17) is 22.6 Å². The third kappa shape index (κ3) is 2.76. The highest BCUT2D eigenvalue weighted by atomic mass is 35.5. The fraction of sp³-hybridized carbons (Fsp3) is 0.154. The van der Waals surface area contributed by atoms with Crippen molar-refractivity contribution in [3.63, 3.8) is 0 Å². The Labute approximate surface area is 115 Å². The highest BCUT2D eigenvalue weighted by molar-refractivity contribution is 7.16. The molecule has 0 bridgehead atoms. The second-order valence-corrected chi connectivity index (χ2v) is 5.74. The average Bonchev–Trinajstić information content (AvgIpc) is 2.75. The Morgan fingerprint density at radius 2 is 2.17 bits per heavy atom. The van der Waals surface area contributed by atoms with Gasteiger partial charge in [-0.15, -0.1) is 11.3 Å². The van der Waals surface area contributed by atoms with Crippen molar-refractivity contribution in [2.24, 2.45) is 0 Å². The van der Waals surface area contributed by atoms with Crippen molar-refractivity contribution in [1.82, 2.24) is 0 Å². The first kappa shape index (κ1) is 12.7. The molecule has 0 spiro atoms. The van der Waals surface area contributed by atoms with Crippen LogP contribution < -0.4 is 10.6 Å². The van der Waals surface area contributed by atoms with E-state index in [9.17, 15) is 0 Å². The Morgan fingerprint density at radius 3 is 2.78 bits per heavy atom. The van der Waals surface area contributed by atoms with Gasteiger partial charge in [-0.25, -0.2) is 0 Å². The number of nitrogens with two attached hydrogens (primary N) is 1. The van der Waals surface area contributed by atoms with Gasteiger partial charge >= 0.3 is 0 Å². The van der Waals surface area contributed by atoms with Gasteiger partial charge in [0.25, 0.3) is 0 Å². The number of anilines is 2. The number of nitriles is 1. The van der Waals surface area contributed by atoms with Crippen molar-refractivity contribution in [3.8, 4) is 6.07 Å². The monoisotopic (exact) mass is 277 g/mol. The molecule has 5 heteroatoms. The van der Waals surface area contributed by atoms with Crippen molar-refractivity contribution in [2.45, 2.75) is 6.54 Å². The van der Waals surface area contributed by atoms with Crippen LogP contribution in [0.5, 0.6) is 0 Å². The number of hydrogen-bond donors (Lipinski definition) is 1. The first-order valence-corrected chi connectivity index (χ1v) is 6.54. The molecule has 3 nitrogen and oxygen atoms in total. The molecule has 0 radical (unpaired) electrons. The summed E-state index contributed by atoms with van der Waals surface area (Å²) >= 11 is 7.46. The fourth-order valence-corrected chi connectivity index (χ4v) is 2.78. The van der Waals surface area contributed by atoms with Gasteiger partial charge in [-0.3, -0.25) is 0 Å². The molecule has 1 aromatic heterocycles. The number of hydrogen-bond acceptors (Lipinski definition) is 4. The first-order valence-electron chi connectivity index (χ1n) is 5.35. The van der Waals surface area contributed by atoms with Crippen molar-refractivity contribution in [3.05, 3.63) is 45.1 Å². The van der Waals surface area contributed by atoms with Crippen LogP contribution in [0.15, 0.2) is 30.3 Å². The molecule has 0 saturated heterocycles. The molecule has 92 valence electrons. The maximum absolute atomic E-state index is 8.95. The molecule has 0 saturated carbocycles. The van der Waals surface area contributed by atoms with E-state index in [1.54, 1.807) is 23.5 Å². The summed E-state index contributed by atoms with van der Waals surface area (Å²) in [7, 11) is 1.97. The van der Waals surface area contributed by atoms with Gasteiger partial charge < -0.3 is 10.6 Å². The summed E-state index contributed by atoms with van der Waals surface area (Å²) in [6.45, 7) is 0.756.